The van der Waals surface area contributed by atoms with E-state index in [1.165, 1.54) is 12.1 Å². The molecule has 0 N–H and O–H groups in total. The van der Waals surface area contributed by atoms with Crippen molar-refractivity contribution in [1.29, 1.82) is 0 Å². The van der Waals surface area contributed by atoms with Crippen LogP contribution in [-0.4, -0.2) is 24.3 Å². The van der Waals surface area contributed by atoms with Gasteiger partial charge >= 0.3 is 0 Å². The summed E-state index contributed by atoms with van der Waals surface area (Å²) in [5.74, 6) is -0.386. The van der Waals surface area contributed by atoms with E-state index in [0.717, 1.165) is 5.56 Å². The second-order valence-electron chi connectivity index (χ2n) is 4.85. The number of benzene rings is 2. The van der Waals surface area contributed by atoms with Gasteiger partial charge in [0.2, 0.25) is 0 Å². The lowest BCUT2D eigenvalue weighted by Crippen LogP contribution is -2.25. The fourth-order valence-corrected chi connectivity index (χ4v) is 2.56. The summed E-state index contributed by atoms with van der Waals surface area (Å²) in [5, 5.41) is 0.830. The van der Waals surface area contributed by atoms with Gasteiger partial charge in [-0.15, -0.1) is 0 Å². The molecule has 110 valence electrons. The quantitative estimate of drug-likeness (QED) is 0.757. The summed E-state index contributed by atoms with van der Waals surface area (Å²) < 4.78 is 13.1. The van der Waals surface area contributed by atoms with Crippen molar-refractivity contribution in [2.45, 2.75) is 6.54 Å². The van der Waals surface area contributed by atoms with Crippen LogP contribution in [-0.2, 0) is 6.54 Å². The Bertz CT molecular complexity index is 660. The Morgan fingerprint density at radius 2 is 1.95 bits per heavy atom. The molecule has 0 bridgehead atoms. The predicted molar refractivity (Wildman–Crippen MR) is 83.5 cm³/mol. The van der Waals surface area contributed by atoms with Crippen LogP contribution in [0, 0.1) is 5.82 Å². The molecule has 0 aliphatic rings. The molecule has 0 unspecified atom stereocenters. The largest absolute Gasteiger partial charge is 0.295 e. The number of halogens is 3. The molecule has 0 saturated carbocycles. The van der Waals surface area contributed by atoms with Gasteiger partial charge in [0.1, 0.15) is 5.82 Å². The lowest BCUT2D eigenvalue weighted by molar-refractivity contribution is 0.0943. The Balaban J connectivity index is 2.02. The molecule has 0 amide bonds. The van der Waals surface area contributed by atoms with Crippen molar-refractivity contribution in [2.75, 3.05) is 13.6 Å². The first-order valence-corrected chi connectivity index (χ1v) is 7.12. The molecule has 2 aromatic rings. The number of ketones is 1. The first-order chi connectivity index (χ1) is 9.95. The summed E-state index contributed by atoms with van der Waals surface area (Å²) in [7, 11) is 1.80. The molecule has 0 aliphatic carbocycles. The molecular formula is C16H14Cl2FNO. The van der Waals surface area contributed by atoms with E-state index in [9.17, 15) is 9.18 Å². The molecule has 5 heteroatoms. The topological polar surface area (TPSA) is 20.3 Å². The molecule has 0 spiro atoms. The maximum absolute atomic E-state index is 13.1. The standard InChI is InChI=1S/C16H14Cl2FNO/c1-20(9-11-3-2-4-13(19)7-11)10-16(21)14-6-5-12(17)8-15(14)18/h2-8H,9-10H2,1H3. The molecule has 0 aliphatic heterocycles. The minimum atomic E-state index is -0.284. The van der Waals surface area contributed by atoms with Crippen LogP contribution in [0.5, 0.6) is 0 Å². The summed E-state index contributed by atoms with van der Waals surface area (Å²) in [5.41, 5.74) is 1.25. The van der Waals surface area contributed by atoms with Gasteiger partial charge in [-0.1, -0.05) is 35.3 Å². The van der Waals surface area contributed by atoms with Crippen molar-refractivity contribution >= 4 is 29.0 Å². The average Bonchev–Trinajstić information content (AvgIpc) is 2.38. The highest BCUT2D eigenvalue weighted by Gasteiger charge is 2.13. The third kappa shape index (κ3) is 4.53. The highest BCUT2D eigenvalue weighted by Crippen LogP contribution is 2.21. The number of carbonyl (C=O) groups is 1. The number of hydrogen-bond donors (Lipinski definition) is 0. The normalized spacial score (nSPS) is 10.9. The number of likely N-dealkylation sites (N-methyl/N-ethyl adjacent to an activating group) is 1. The van der Waals surface area contributed by atoms with E-state index in [2.05, 4.69) is 0 Å². The number of rotatable bonds is 5. The summed E-state index contributed by atoms with van der Waals surface area (Å²) in [4.78, 5) is 14.0. The van der Waals surface area contributed by atoms with Gasteiger partial charge in [-0.25, -0.2) is 4.39 Å². The Hall–Kier alpha value is -1.42. The van der Waals surface area contributed by atoms with Crippen molar-refractivity contribution in [1.82, 2.24) is 4.90 Å². The van der Waals surface area contributed by atoms with E-state index in [-0.39, 0.29) is 18.1 Å². The Morgan fingerprint density at radius 3 is 2.62 bits per heavy atom. The molecule has 21 heavy (non-hydrogen) atoms. The molecular weight excluding hydrogens is 312 g/mol. The fraction of sp³-hybridized carbons (Fsp3) is 0.188. The van der Waals surface area contributed by atoms with E-state index < -0.39 is 0 Å². The molecule has 0 heterocycles. The monoisotopic (exact) mass is 325 g/mol. The van der Waals surface area contributed by atoms with Crippen LogP contribution < -0.4 is 0 Å². The van der Waals surface area contributed by atoms with Gasteiger partial charge in [-0.05, 0) is 42.9 Å². The molecule has 0 atom stereocenters. The highest BCUT2D eigenvalue weighted by atomic mass is 35.5. The number of nitrogens with zero attached hydrogens (tertiary/aromatic N) is 1. The zero-order valence-corrected chi connectivity index (χ0v) is 13.0. The Kier molecular flexibility index (Phi) is 5.34. The maximum atomic E-state index is 13.1. The van der Waals surface area contributed by atoms with Crippen LogP contribution in [0.4, 0.5) is 4.39 Å². The van der Waals surface area contributed by atoms with Crippen LogP contribution in [0.1, 0.15) is 15.9 Å². The van der Waals surface area contributed by atoms with Crippen molar-refractivity contribution in [2.24, 2.45) is 0 Å². The minimum Gasteiger partial charge on any atom is -0.295 e. The molecule has 2 nitrogen and oxygen atoms in total. The fourth-order valence-electron chi connectivity index (χ4n) is 2.05. The molecule has 0 fully saturated rings. The van der Waals surface area contributed by atoms with Gasteiger partial charge in [0.15, 0.2) is 5.78 Å². The van der Waals surface area contributed by atoms with Crippen molar-refractivity contribution in [3.63, 3.8) is 0 Å². The van der Waals surface area contributed by atoms with Crippen molar-refractivity contribution < 1.29 is 9.18 Å². The molecule has 2 aromatic carbocycles. The second-order valence-corrected chi connectivity index (χ2v) is 5.69. The van der Waals surface area contributed by atoms with E-state index in [4.69, 9.17) is 23.2 Å². The van der Waals surface area contributed by atoms with Crippen LogP contribution in [0.2, 0.25) is 10.0 Å². The summed E-state index contributed by atoms with van der Waals surface area (Å²) >= 11 is 11.8. The Morgan fingerprint density at radius 1 is 1.19 bits per heavy atom. The SMILES string of the molecule is CN(CC(=O)c1ccc(Cl)cc1Cl)Cc1cccc(F)c1. The van der Waals surface area contributed by atoms with E-state index in [1.54, 1.807) is 31.3 Å². The third-order valence-corrected chi connectivity index (χ3v) is 3.53. The lowest BCUT2D eigenvalue weighted by Gasteiger charge is -2.16. The zero-order valence-electron chi connectivity index (χ0n) is 11.4. The van der Waals surface area contributed by atoms with Crippen LogP contribution >= 0.6 is 23.2 Å². The van der Waals surface area contributed by atoms with Gasteiger partial charge in [0.25, 0.3) is 0 Å². The van der Waals surface area contributed by atoms with E-state index in [1.807, 2.05) is 11.0 Å². The molecule has 2 rings (SSSR count). The van der Waals surface area contributed by atoms with Crippen LogP contribution in [0.15, 0.2) is 42.5 Å². The van der Waals surface area contributed by atoms with Gasteiger partial charge in [0.05, 0.1) is 11.6 Å². The van der Waals surface area contributed by atoms with Gasteiger partial charge in [-0.2, -0.15) is 0 Å². The van der Waals surface area contributed by atoms with Crippen LogP contribution in [0.25, 0.3) is 0 Å². The average molecular weight is 326 g/mol. The Labute approximate surface area is 133 Å². The summed E-state index contributed by atoms with van der Waals surface area (Å²) in [6.45, 7) is 0.673. The third-order valence-electron chi connectivity index (χ3n) is 2.99. The molecule has 0 aromatic heterocycles. The van der Waals surface area contributed by atoms with Gasteiger partial charge in [-0.3, -0.25) is 9.69 Å². The first-order valence-electron chi connectivity index (χ1n) is 6.37. The highest BCUT2D eigenvalue weighted by molar-refractivity contribution is 6.36. The predicted octanol–water partition coefficient (Wildman–Crippen LogP) is 4.45. The number of carbonyl (C=O) groups excluding carboxylic acids is 1. The number of Topliss-reactive ketones (excluding diaryl/α,β-unsaturated/α-hetero) is 1. The van der Waals surface area contributed by atoms with E-state index >= 15 is 0 Å². The summed E-state index contributed by atoms with van der Waals surface area (Å²) in [6.07, 6.45) is 0. The lowest BCUT2D eigenvalue weighted by atomic mass is 10.1. The maximum Gasteiger partial charge on any atom is 0.178 e. The van der Waals surface area contributed by atoms with Crippen molar-refractivity contribution in [3.05, 3.63) is 69.5 Å². The molecule has 0 saturated heterocycles. The zero-order chi connectivity index (χ0) is 15.4. The van der Waals surface area contributed by atoms with E-state index in [0.29, 0.717) is 22.2 Å². The first kappa shape index (κ1) is 16.0. The van der Waals surface area contributed by atoms with Crippen LogP contribution in [0.3, 0.4) is 0 Å². The summed E-state index contributed by atoms with van der Waals surface area (Å²) in [6, 6.07) is 11.1. The smallest absolute Gasteiger partial charge is 0.178 e. The van der Waals surface area contributed by atoms with Gasteiger partial charge in [0, 0.05) is 17.1 Å². The van der Waals surface area contributed by atoms with Gasteiger partial charge < -0.3 is 0 Å². The second kappa shape index (κ2) is 7.03. The number of hydrogen-bond acceptors (Lipinski definition) is 2. The molecule has 0 radical (unpaired) electrons. The minimum absolute atomic E-state index is 0.101. The van der Waals surface area contributed by atoms with Crippen molar-refractivity contribution in [3.8, 4) is 0 Å².